The molecule has 14 heavy (non-hydrogen) atoms. The quantitative estimate of drug-likeness (QED) is 0.559. The van der Waals surface area contributed by atoms with Crippen molar-refractivity contribution in [3.8, 4) is 0 Å². The minimum Gasteiger partial charge on any atom is -0.352 e. The Bertz CT molecular complexity index is 275. The molecular weight excluding hydrogens is 182 g/mol. The first kappa shape index (κ1) is 9.45. The zero-order chi connectivity index (χ0) is 10.3. The number of hydrogen-bond acceptors (Lipinski definition) is 3. The van der Waals surface area contributed by atoms with Crippen molar-refractivity contribution in [1.29, 1.82) is 0 Å². The summed E-state index contributed by atoms with van der Waals surface area (Å²) in [7, 11) is 0. The van der Waals surface area contributed by atoms with Gasteiger partial charge in [0.15, 0.2) is 0 Å². The maximum atomic E-state index is 11.5. The fourth-order valence-corrected chi connectivity index (χ4v) is 1.52. The number of amides is 2. The Balaban J connectivity index is 1.84. The van der Waals surface area contributed by atoms with Gasteiger partial charge in [-0.3, -0.25) is 9.59 Å². The molecule has 2 rings (SSSR count). The second-order valence-corrected chi connectivity index (χ2v) is 4.06. The Morgan fingerprint density at radius 2 is 2.29 bits per heavy atom. The molecule has 2 unspecified atom stereocenters. The number of nitrogens with zero attached hydrogens (tertiary/aromatic N) is 1. The molecule has 2 atom stereocenters. The normalized spacial score (nSPS) is 28.3. The molecule has 1 saturated heterocycles. The van der Waals surface area contributed by atoms with Crippen LogP contribution >= 0.6 is 0 Å². The third-order valence-corrected chi connectivity index (χ3v) is 2.76. The molecule has 2 aliphatic rings. The van der Waals surface area contributed by atoms with Gasteiger partial charge in [-0.1, -0.05) is 0 Å². The average molecular weight is 197 g/mol. The summed E-state index contributed by atoms with van der Waals surface area (Å²) in [4.78, 5) is 24.3. The molecule has 0 spiro atoms. The SMILES string of the molecule is CC(C(=O)NC1CC1)N1CC(N)C1=O. The maximum Gasteiger partial charge on any atom is 0.242 e. The molecule has 2 amide bonds. The Labute approximate surface area is 82.6 Å². The molecule has 2 fully saturated rings. The Hall–Kier alpha value is -1.10. The second kappa shape index (κ2) is 3.24. The summed E-state index contributed by atoms with van der Waals surface area (Å²) < 4.78 is 0. The van der Waals surface area contributed by atoms with Crippen LogP contribution < -0.4 is 11.1 Å². The first-order valence-electron chi connectivity index (χ1n) is 4.96. The van der Waals surface area contributed by atoms with Crippen LogP contribution in [-0.4, -0.2) is 41.4 Å². The van der Waals surface area contributed by atoms with E-state index in [2.05, 4.69) is 5.32 Å². The van der Waals surface area contributed by atoms with Crippen molar-refractivity contribution in [3.63, 3.8) is 0 Å². The van der Waals surface area contributed by atoms with Crippen molar-refractivity contribution in [2.45, 2.75) is 37.9 Å². The lowest BCUT2D eigenvalue weighted by Gasteiger charge is -2.39. The number of likely N-dealkylation sites (tertiary alicyclic amines) is 1. The van der Waals surface area contributed by atoms with Crippen LogP contribution in [0.3, 0.4) is 0 Å². The van der Waals surface area contributed by atoms with Crippen LogP contribution in [0.1, 0.15) is 19.8 Å². The highest BCUT2D eigenvalue weighted by atomic mass is 16.2. The Kier molecular flexibility index (Phi) is 2.19. The van der Waals surface area contributed by atoms with E-state index in [1.165, 1.54) is 4.90 Å². The molecule has 0 aromatic rings. The predicted octanol–water partition coefficient (Wildman–Crippen LogP) is -1.18. The monoisotopic (exact) mass is 197 g/mol. The van der Waals surface area contributed by atoms with Crippen molar-refractivity contribution in [2.24, 2.45) is 5.73 Å². The number of rotatable bonds is 3. The number of β-lactam (4-membered cyclic amide) rings is 1. The van der Waals surface area contributed by atoms with E-state index in [1.54, 1.807) is 6.92 Å². The highest BCUT2D eigenvalue weighted by molar-refractivity contribution is 5.93. The van der Waals surface area contributed by atoms with Crippen LogP contribution in [0.25, 0.3) is 0 Å². The fraction of sp³-hybridized carbons (Fsp3) is 0.778. The lowest BCUT2D eigenvalue weighted by molar-refractivity contribution is -0.150. The van der Waals surface area contributed by atoms with Gasteiger partial charge in [0.1, 0.15) is 12.1 Å². The number of nitrogens with one attached hydrogen (secondary N) is 1. The summed E-state index contributed by atoms with van der Waals surface area (Å²) in [6.45, 7) is 2.24. The number of carbonyl (C=O) groups excluding carboxylic acids is 2. The molecule has 0 bridgehead atoms. The molecule has 78 valence electrons. The van der Waals surface area contributed by atoms with E-state index in [4.69, 9.17) is 5.73 Å². The van der Waals surface area contributed by atoms with Crippen molar-refractivity contribution >= 4 is 11.8 Å². The van der Waals surface area contributed by atoms with E-state index < -0.39 is 6.04 Å². The van der Waals surface area contributed by atoms with E-state index in [0.717, 1.165) is 12.8 Å². The zero-order valence-electron chi connectivity index (χ0n) is 8.19. The van der Waals surface area contributed by atoms with E-state index in [-0.39, 0.29) is 17.9 Å². The van der Waals surface area contributed by atoms with Crippen LogP contribution in [0.4, 0.5) is 0 Å². The maximum absolute atomic E-state index is 11.5. The van der Waals surface area contributed by atoms with Crippen LogP contribution in [0, 0.1) is 0 Å². The molecule has 1 heterocycles. The van der Waals surface area contributed by atoms with Gasteiger partial charge in [-0.15, -0.1) is 0 Å². The molecule has 3 N–H and O–H groups in total. The van der Waals surface area contributed by atoms with Gasteiger partial charge in [0.05, 0.1) is 0 Å². The molecule has 1 aliphatic carbocycles. The molecule has 1 saturated carbocycles. The Morgan fingerprint density at radius 1 is 1.64 bits per heavy atom. The number of nitrogens with two attached hydrogens (primary N) is 1. The molecule has 5 heteroatoms. The van der Waals surface area contributed by atoms with Crippen LogP contribution in [0.5, 0.6) is 0 Å². The lowest BCUT2D eigenvalue weighted by Crippen LogP contribution is -2.66. The van der Waals surface area contributed by atoms with Crippen molar-refractivity contribution in [3.05, 3.63) is 0 Å². The summed E-state index contributed by atoms with van der Waals surface area (Å²) in [5, 5.41) is 2.86. The minimum atomic E-state index is -0.397. The average Bonchev–Trinajstić information content (AvgIpc) is 2.96. The van der Waals surface area contributed by atoms with E-state index >= 15 is 0 Å². The smallest absolute Gasteiger partial charge is 0.242 e. The molecular formula is C9H15N3O2. The highest BCUT2D eigenvalue weighted by Crippen LogP contribution is 2.20. The van der Waals surface area contributed by atoms with Gasteiger partial charge < -0.3 is 16.0 Å². The summed E-state index contributed by atoms with van der Waals surface area (Å²) in [6.07, 6.45) is 2.12. The highest BCUT2D eigenvalue weighted by Gasteiger charge is 2.40. The van der Waals surface area contributed by atoms with Crippen molar-refractivity contribution in [1.82, 2.24) is 10.2 Å². The summed E-state index contributed by atoms with van der Waals surface area (Å²) in [5.74, 6) is -0.184. The molecule has 5 nitrogen and oxygen atoms in total. The molecule has 0 aromatic carbocycles. The van der Waals surface area contributed by atoms with Gasteiger partial charge in [-0.25, -0.2) is 0 Å². The second-order valence-electron chi connectivity index (χ2n) is 4.06. The zero-order valence-corrected chi connectivity index (χ0v) is 8.19. The lowest BCUT2D eigenvalue weighted by atomic mass is 10.1. The fourth-order valence-electron chi connectivity index (χ4n) is 1.52. The van der Waals surface area contributed by atoms with Gasteiger partial charge in [0.25, 0.3) is 0 Å². The van der Waals surface area contributed by atoms with Gasteiger partial charge in [-0.2, -0.15) is 0 Å². The summed E-state index contributed by atoms with van der Waals surface area (Å²) in [6, 6.07) is -0.427. The topological polar surface area (TPSA) is 75.4 Å². The van der Waals surface area contributed by atoms with Crippen molar-refractivity contribution in [2.75, 3.05) is 6.54 Å². The number of carbonyl (C=O) groups is 2. The van der Waals surface area contributed by atoms with Crippen molar-refractivity contribution < 1.29 is 9.59 Å². The standard InChI is InChI=1S/C9H15N3O2/c1-5(8(13)11-6-2-3-6)12-4-7(10)9(12)14/h5-7H,2-4,10H2,1H3,(H,11,13). The predicted molar refractivity (Wildman–Crippen MR) is 50.3 cm³/mol. The minimum absolute atomic E-state index is 0.0623. The third-order valence-electron chi connectivity index (χ3n) is 2.76. The van der Waals surface area contributed by atoms with Gasteiger partial charge in [-0.05, 0) is 19.8 Å². The first-order chi connectivity index (χ1) is 6.59. The van der Waals surface area contributed by atoms with E-state index in [0.29, 0.717) is 12.6 Å². The summed E-state index contributed by atoms with van der Waals surface area (Å²) >= 11 is 0. The third kappa shape index (κ3) is 1.59. The van der Waals surface area contributed by atoms with Gasteiger partial charge >= 0.3 is 0 Å². The Morgan fingerprint density at radius 3 is 2.71 bits per heavy atom. The van der Waals surface area contributed by atoms with Crippen LogP contribution in [0.15, 0.2) is 0 Å². The van der Waals surface area contributed by atoms with Crippen LogP contribution in [0.2, 0.25) is 0 Å². The molecule has 0 radical (unpaired) electrons. The molecule has 1 aliphatic heterocycles. The first-order valence-corrected chi connectivity index (χ1v) is 4.96. The van der Waals surface area contributed by atoms with Gasteiger partial charge in [0, 0.05) is 12.6 Å². The van der Waals surface area contributed by atoms with Crippen LogP contribution in [-0.2, 0) is 9.59 Å². The van der Waals surface area contributed by atoms with E-state index in [1.807, 2.05) is 0 Å². The molecule has 0 aromatic heterocycles. The largest absolute Gasteiger partial charge is 0.352 e. The van der Waals surface area contributed by atoms with Gasteiger partial charge in [0.2, 0.25) is 11.8 Å². The van der Waals surface area contributed by atoms with E-state index in [9.17, 15) is 9.59 Å². The summed E-state index contributed by atoms with van der Waals surface area (Å²) in [5.41, 5.74) is 5.44. The number of hydrogen-bond donors (Lipinski definition) is 2.